The van der Waals surface area contributed by atoms with Gasteiger partial charge in [-0.05, 0) is 18.0 Å². The fourth-order valence-electron chi connectivity index (χ4n) is 0.768. The smallest absolute Gasteiger partial charge is 0.273 e. The summed E-state index contributed by atoms with van der Waals surface area (Å²) >= 11 is 6.53. The van der Waals surface area contributed by atoms with Gasteiger partial charge in [0.15, 0.2) is 5.01 Å². The number of thiazole rings is 1. The molecule has 0 aromatic carbocycles. The van der Waals surface area contributed by atoms with Crippen LogP contribution in [0.3, 0.4) is 0 Å². The molecular weight excluding hydrogens is 182 g/mol. The zero-order valence-corrected chi connectivity index (χ0v) is 7.71. The highest BCUT2D eigenvalue weighted by Crippen LogP contribution is 2.12. The minimum atomic E-state index is -0.461. The molecule has 1 aromatic heterocycles. The van der Waals surface area contributed by atoms with Gasteiger partial charge in [-0.15, -0.1) is 11.3 Å². The van der Waals surface area contributed by atoms with Crippen molar-refractivity contribution in [3.05, 3.63) is 16.1 Å². The van der Waals surface area contributed by atoms with Crippen molar-refractivity contribution in [3.63, 3.8) is 0 Å². The summed E-state index contributed by atoms with van der Waals surface area (Å²) in [5.74, 6) is 0. The van der Waals surface area contributed by atoms with Crippen LogP contribution in [0, 0.1) is 0 Å². The number of rotatable bonds is 3. The minimum absolute atomic E-state index is 0.398. The van der Waals surface area contributed by atoms with Crippen molar-refractivity contribution in [2.45, 2.75) is 19.8 Å². The number of aromatic nitrogens is 1. The van der Waals surface area contributed by atoms with E-state index in [0.29, 0.717) is 5.01 Å². The topological polar surface area (TPSA) is 30.0 Å². The van der Waals surface area contributed by atoms with Gasteiger partial charge in [0.1, 0.15) is 0 Å². The van der Waals surface area contributed by atoms with Gasteiger partial charge in [-0.3, -0.25) is 4.79 Å². The van der Waals surface area contributed by atoms with Crippen LogP contribution in [0.2, 0.25) is 0 Å². The molecule has 0 aliphatic carbocycles. The lowest BCUT2D eigenvalue weighted by Gasteiger charge is -1.86. The molecule has 1 aromatic rings. The first-order chi connectivity index (χ1) is 5.24. The summed E-state index contributed by atoms with van der Waals surface area (Å²) in [6.07, 6.45) is 1.96. The highest BCUT2D eigenvalue weighted by Gasteiger charge is 2.06. The second-order valence-corrected chi connectivity index (χ2v) is 3.37. The van der Waals surface area contributed by atoms with Gasteiger partial charge in [-0.1, -0.05) is 13.3 Å². The Bertz CT molecular complexity index is 259. The predicted octanol–water partition coefficient (Wildman–Crippen LogP) is 2.47. The number of aryl methyl sites for hydroxylation is 1. The van der Waals surface area contributed by atoms with E-state index in [1.54, 1.807) is 0 Å². The third kappa shape index (κ3) is 2.27. The van der Waals surface area contributed by atoms with Crippen LogP contribution in [0.1, 0.15) is 28.8 Å². The Kier molecular flexibility index (Phi) is 3.02. The molecule has 0 radical (unpaired) electrons. The van der Waals surface area contributed by atoms with E-state index in [-0.39, 0.29) is 0 Å². The van der Waals surface area contributed by atoms with E-state index >= 15 is 0 Å². The number of hydrogen-bond acceptors (Lipinski definition) is 3. The van der Waals surface area contributed by atoms with E-state index in [1.165, 1.54) is 11.3 Å². The molecule has 1 heterocycles. The van der Waals surface area contributed by atoms with Gasteiger partial charge in [-0.25, -0.2) is 4.98 Å². The Morgan fingerprint density at radius 3 is 3.00 bits per heavy atom. The summed E-state index contributed by atoms with van der Waals surface area (Å²) in [4.78, 5) is 14.6. The first-order valence-electron chi connectivity index (χ1n) is 3.38. The molecule has 0 spiro atoms. The standard InChI is InChI=1S/C7H8ClNOS/c1-2-3-5-4-11-7(9-5)6(8)10/h4H,2-3H2,1H3. The van der Waals surface area contributed by atoms with Crippen molar-refractivity contribution in [1.82, 2.24) is 4.98 Å². The average Bonchev–Trinajstić information content (AvgIpc) is 2.37. The number of halogens is 1. The average molecular weight is 190 g/mol. The Hall–Kier alpha value is -0.410. The summed E-state index contributed by atoms with van der Waals surface area (Å²) < 4.78 is 0. The molecule has 0 saturated heterocycles. The normalized spacial score (nSPS) is 10.0. The summed E-state index contributed by atoms with van der Waals surface area (Å²) in [5, 5.41) is 1.81. The predicted molar refractivity (Wildman–Crippen MR) is 46.3 cm³/mol. The first kappa shape index (κ1) is 8.68. The van der Waals surface area contributed by atoms with E-state index < -0.39 is 5.24 Å². The Morgan fingerprint density at radius 2 is 2.55 bits per heavy atom. The van der Waals surface area contributed by atoms with Crippen LogP contribution in [0.4, 0.5) is 0 Å². The first-order valence-corrected chi connectivity index (χ1v) is 4.64. The summed E-state index contributed by atoms with van der Waals surface area (Å²) in [7, 11) is 0. The fraction of sp³-hybridized carbons (Fsp3) is 0.429. The van der Waals surface area contributed by atoms with Crippen molar-refractivity contribution in [2.24, 2.45) is 0 Å². The number of nitrogens with zero attached hydrogens (tertiary/aromatic N) is 1. The van der Waals surface area contributed by atoms with E-state index in [0.717, 1.165) is 18.5 Å². The Labute approximate surface area is 74.2 Å². The molecule has 0 aliphatic heterocycles. The van der Waals surface area contributed by atoms with Crippen molar-refractivity contribution in [3.8, 4) is 0 Å². The van der Waals surface area contributed by atoms with Crippen LogP contribution in [0.25, 0.3) is 0 Å². The molecular formula is C7H8ClNOS. The maximum absolute atomic E-state index is 10.6. The van der Waals surface area contributed by atoms with Crippen LogP contribution in [0.15, 0.2) is 5.38 Å². The monoisotopic (exact) mass is 189 g/mol. The molecule has 0 bridgehead atoms. The largest absolute Gasteiger partial charge is 0.281 e. The van der Waals surface area contributed by atoms with Crippen molar-refractivity contribution in [2.75, 3.05) is 0 Å². The van der Waals surface area contributed by atoms with Crippen LogP contribution in [-0.2, 0) is 6.42 Å². The molecule has 0 aliphatic rings. The maximum atomic E-state index is 10.6. The highest BCUT2D eigenvalue weighted by molar-refractivity contribution is 7.13. The van der Waals surface area contributed by atoms with E-state index in [1.807, 2.05) is 5.38 Å². The van der Waals surface area contributed by atoms with Crippen LogP contribution in [-0.4, -0.2) is 10.2 Å². The molecule has 1 rings (SSSR count). The third-order valence-electron chi connectivity index (χ3n) is 1.23. The zero-order chi connectivity index (χ0) is 8.27. The lowest BCUT2D eigenvalue weighted by molar-refractivity contribution is 0.108. The quantitative estimate of drug-likeness (QED) is 0.684. The Morgan fingerprint density at radius 1 is 1.82 bits per heavy atom. The van der Waals surface area contributed by atoms with Crippen molar-refractivity contribution >= 4 is 28.2 Å². The highest BCUT2D eigenvalue weighted by atomic mass is 35.5. The zero-order valence-electron chi connectivity index (χ0n) is 6.13. The molecule has 0 atom stereocenters. The number of carbonyl (C=O) groups excluding carboxylic acids is 1. The molecule has 0 amide bonds. The van der Waals surface area contributed by atoms with Gasteiger partial charge in [0.05, 0.1) is 5.69 Å². The summed E-state index contributed by atoms with van der Waals surface area (Å²) in [6, 6.07) is 0. The third-order valence-corrected chi connectivity index (χ3v) is 2.41. The second-order valence-electron chi connectivity index (χ2n) is 2.17. The molecule has 60 valence electrons. The van der Waals surface area contributed by atoms with Gasteiger partial charge >= 0.3 is 0 Å². The van der Waals surface area contributed by atoms with E-state index in [9.17, 15) is 4.79 Å². The summed E-state index contributed by atoms with van der Waals surface area (Å²) in [6.45, 7) is 2.07. The van der Waals surface area contributed by atoms with Crippen molar-refractivity contribution in [1.29, 1.82) is 0 Å². The number of hydrogen-bond donors (Lipinski definition) is 0. The molecule has 0 saturated carbocycles. The van der Waals surface area contributed by atoms with Crippen LogP contribution >= 0.6 is 22.9 Å². The van der Waals surface area contributed by atoms with Crippen LogP contribution in [0.5, 0.6) is 0 Å². The van der Waals surface area contributed by atoms with Gasteiger partial charge < -0.3 is 0 Å². The SMILES string of the molecule is CCCc1csc(C(=O)Cl)n1. The van der Waals surface area contributed by atoms with E-state index in [4.69, 9.17) is 11.6 Å². The molecule has 2 nitrogen and oxygen atoms in total. The Balaban J connectivity index is 2.73. The molecule has 4 heteroatoms. The second kappa shape index (κ2) is 3.83. The number of carbonyl (C=O) groups is 1. The lowest BCUT2D eigenvalue weighted by atomic mass is 10.3. The minimum Gasteiger partial charge on any atom is -0.273 e. The van der Waals surface area contributed by atoms with Gasteiger partial charge in [-0.2, -0.15) is 0 Å². The van der Waals surface area contributed by atoms with Crippen molar-refractivity contribution < 1.29 is 4.79 Å². The molecule has 0 fully saturated rings. The van der Waals surface area contributed by atoms with Gasteiger partial charge in [0.2, 0.25) is 0 Å². The van der Waals surface area contributed by atoms with Crippen LogP contribution < -0.4 is 0 Å². The lowest BCUT2D eigenvalue weighted by Crippen LogP contribution is -1.88. The van der Waals surface area contributed by atoms with E-state index in [2.05, 4.69) is 11.9 Å². The molecule has 11 heavy (non-hydrogen) atoms. The molecule has 0 N–H and O–H groups in total. The van der Waals surface area contributed by atoms with Gasteiger partial charge in [0, 0.05) is 5.38 Å². The maximum Gasteiger partial charge on any atom is 0.281 e. The molecule has 0 unspecified atom stereocenters. The van der Waals surface area contributed by atoms with Gasteiger partial charge in [0.25, 0.3) is 5.24 Å². The summed E-state index contributed by atoms with van der Waals surface area (Å²) in [5.41, 5.74) is 0.960. The fourth-order valence-corrected chi connectivity index (χ4v) is 1.62.